The molecule has 0 saturated carbocycles. The number of guanidine groups is 1. The molecule has 0 bridgehead atoms. The lowest BCUT2D eigenvalue weighted by molar-refractivity contribution is 0.553. The fourth-order valence-electron chi connectivity index (χ4n) is 2.99. The minimum Gasteiger partial charge on any atom is -0.357 e. The fourth-order valence-corrected chi connectivity index (χ4v) is 2.99. The molecular weight excluding hydrogens is 326 g/mol. The molecule has 0 amide bonds. The third kappa shape index (κ3) is 6.20. The van der Waals surface area contributed by atoms with Crippen molar-refractivity contribution in [2.75, 3.05) is 19.6 Å². The van der Waals surface area contributed by atoms with Crippen LogP contribution in [0.5, 0.6) is 0 Å². The molecule has 7 heteroatoms. The zero-order valence-corrected chi connectivity index (χ0v) is 16.8. The van der Waals surface area contributed by atoms with E-state index in [0.29, 0.717) is 0 Å². The van der Waals surface area contributed by atoms with Gasteiger partial charge in [0, 0.05) is 44.1 Å². The molecule has 0 aliphatic carbocycles. The zero-order chi connectivity index (χ0) is 18.9. The second-order valence-corrected chi connectivity index (χ2v) is 6.70. The monoisotopic (exact) mass is 359 g/mol. The zero-order valence-electron chi connectivity index (χ0n) is 16.8. The molecule has 2 aromatic heterocycles. The summed E-state index contributed by atoms with van der Waals surface area (Å²) < 4.78 is 4.12. The molecule has 0 saturated heterocycles. The van der Waals surface area contributed by atoms with Crippen LogP contribution in [-0.4, -0.2) is 45.2 Å². The molecule has 0 fully saturated rings. The van der Waals surface area contributed by atoms with E-state index in [0.717, 1.165) is 62.9 Å². The predicted octanol–water partition coefficient (Wildman–Crippen LogP) is 2.35. The van der Waals surface area contributed by atoms with Crippen molar-refractivity contribution in [3.8, 4) is 0 Å². The molecular formula is C19H33N7. The number of aromatic nitrogens is 4. The Morgan fingerprint density at radius 2 is 1.50 bits per heavy atom. The Hall–Kier alpha value is -2.31. The maximum atomic E-state index is 4.66. The van der Waals surface area contributed by atoms with Gasteiger partial charge < -0.3 is 10.6 Å². The summed E-state index contributed by atoms with van der Waals surface area (Å²) in [6.07, 6.45) is 1.99. The van der Waals surface area contributed by atoms with Crippen molar-refractivity contribution in [3.63, 3.8) is 0 Å². The SMILES string of the molecule is CCNC(=NCCCn1nc(C)cc1C)NCCCn1nc(C)cc1C. The van der Waals surface area contributed by atoms with Crippen molar-refractivity contribution in [3.05, 3.63) is 34.9 Å². The summed E-state index contributed by atoms with van der Waals surface area (Å²) >= 11 is 0. The first-order valence-electron chi connectivity index (χ1n) is 9.54. The minimum absolute atomic E-state index is 0.783. The largest absolute Gasteiger partial charge is 0.357 e. The number of hydrogen-bond acceptors (Lipinski definition) is 3. The van der Waals surface area contributed by atoms with Gasteiger partial charge in [-0.15, -0.1) is 0 Å². The first-order valence-corrected chi connectivity index (χ1v) is 9.54. The molecule has 0 spiro atoms. The summed E-state index contributed by atoms with van der Waals surface area (Å²) in [5.74, 6) is 0.884. The van der Waals surface area contributed by atoms with E-state index in [9.17, 15) is 0 Å². The summed E-state index contributed by atoms with van der Waals surface area (Å²) in [4.78, 5) is 4.66. The van der Waals surface area contributed by atoms with E-state index in [1.54, 1.807) is 0 Å². The van der Waals surface area contributed by atoms with Crippen molar-refractivity contribution in [1.29, 1.82) is 0 Å². The van der Waals surface area contributed by atoms with Crippen molar-refractivity contribution in [2.24, 2.45) is 4.99 Å². The standard InChI is InChI=1S/C19H33N7/c1-6-20-19(21-9-7-11-25-17(4)13-15(2)23-25)22-10-8-12-26-18(5)14-16(3)24-26/h13-14H,6-12H2,1-5H3,(H2,20,21,22). The molecule has 2 aromatic rings. The van der Waals surface area contributed by atoms with Crippen molar-refractivity contribution < 1.29 is 0 Å². The van der Waals surface area contributed by atoms with Crippen LogP contribution in [0.2, 0.25) is 0 Å². The summed E-state index contributed by atoms with van der Waals surface area (Å²) in [5, 5.41) is 15.7. The number of aryl methyl sites for hydroxylation is 6. The quantitative estimate of drug-likeness (QED) is 0.409. The molecule has 0 atom stereocenters. The second-order valence-electron chi connectivity index (χ2n) is 6.70. The van der Waals surface area contributed by atoms with Crippen LogP contribution in [-0.2, 0) is 13.1 Å². The molecule has 2 N–H and O–H groups in total. The normalized spacial score (nSPS) is 11.8. The van der Waals surface area contributed by atoms with Gasteiger partial charge in [-0.2, -0.15) is 10.2 Å². The predicted molar refractivity (Wildman–Crippen MR) is 107 cm³/mol. The highest BCUT2D eigenvalue weighted by molar-refractivity contribution is 5.79. The van der Waals surface area contributed by atoms with Crippen LogP contribution in [0, 0.1) is 27.7 Å². The van der Waals surface area contributed by atoms with Crippen LogP contribution >= 0.6 is 0 Å². The van der Waals surface area contributed by atoms with Crippen molar-refractivity contribution in [1.82, 2.24) is 30.2 Å². The molecule has 0 aliphatic heterocycles. The van der Waals surface area contributed by atoms with Gasteiger partial charge in [0.1, 0.15) is 0 Å². The highest BCUT2D eigenvalue weighted by Crippen LogP contribution is 2.03. The van der Waals surface area contributed by atoms with Crippen LogP contribution in [0.3, 0.4) is 0 Å². The van der Waals surface area contributed by atoms with Gasteiger partial charge in [-0.1, -0.05) is 0 Å². The number of rotatable bonds is 9. The van der Waals surface area contributed by atoms with Crippen molar-refractivity contribution >= 4 is 5.96 Å². The summed E-state index contributed by atoms with van der Waals surface area (Å²) in [6.45, 7) is 14.7. The third-order valence-corrected chi connectivity index (χ3v) is 4.19. The van der Waals surface area contributed by atoms with Gasteiger partial charge in [0.25, 0.3) is 0 Å². The Kier molecular flexibility index (Phi) is 7.69. The number of aliphatic imine (C=N–C) groups is 1. The van der Waals surface area contributed by atoms with Crippen molar-refractivity contribution in [2.45, 2.75) is 60.5 Å². The average molecular weight is 360 g/mol. The first-order chi connectivity index (χ1) is 12.5. The van der Waals surface area contributed by atoms with E-state index < -0.39 is 0 Å². The van der Waals surface area contributed by atoms with E-state index in [4.69, 9.17) is 0 Å². The van der Waals surface area contributed by atoms with E-state index in [1.165, 1.54) is 11.4 Å². The van der Waals surface area contributed by atoms with Crippen LogP contribution in [0.1, 0.15) is 42.5 Å². The average Bonchev–Trinajstić information content (AvgIpc) is 3.08. The molecule has 2 heterocycles. The molecule has 0 aromatic carbocycles. The van der Waals surface area contributed by atoms with E-state index in [2.05, 4.69) is 68.1 Å². The van der Waals surface area contributed by atoms with Gasteiger partial charge in [-0.05, 0) is 59.6 Å². The highest BCUT2D eigenvalue weighted by Gasteiger charge is 2.02. The van der Waals surface area contributed by atoms with Gasteiger partial charge in [0.15, 0.2) is 5.96 Å². The van der Waals surface area contributed by atoms with Gasteiger partial charge in [0.05, 0.1) is 11.4 Å². The lowest BCUT2D eigenvalue weighted by Gasteiger charge is -2.12. The number of nitrogens with one attached hydrogen (secondary N) is 2. The molecule has 0 radical (unpaired) electrons. The molecule has 144 valence electrons. The van der Waals surface area contributed by atoms with E-state index in [1.807, 2.05) is 13.8 Å². The van der Waals surface area contributed by atoms with Gasteiger partial charge in [0.2, 0.25) is 0 Å². The molecule has 7 nitrogen and oxygen atoms in total. The Morgan fingerprint density at radius 1 is 0.923 bits per heavy atom. The topological polar surface area (TPSA) is 72.1 Å². The van der Waals surface area contributed by atoms with Gasteiger partial charge >= 0.3 is 0 Å². The Balaban J connectivity index is 1.71. The molecule has 0 unspecified atom stereocenters. The highest BCUT2D eigenvalue weighted by atomic mass is 15.3. The lowest BCUT2D eigenvalue weighted by Crippen LogP contribution is -2.38. The van der Waals surface area contributed by atoms with Gasteiger partial charge in [-0.25, -0.2) is 0 Å². The fraction of sp³-hybridized carbons (Fsp3) is 0.632. The minimum atomic E-state index is 0.783. The Morgan fingerprint density at radius 3 is 2.00 bits per heavy atom. The second kappa shape index (κ2) is 9.99. The molecule has 2 rings (SSSR count). The first kappa shape index (κ1) is 20.0. The summed E-state index contributed by atoms with van der Waals surface area (Å²) in [7, 11) is 0. The Bertz CT molecular complexity index is 712. The lowest BCUT2D eigenvalue weighted by atomic mass is 10.4. The summed E-state index contributed by atoms with van der Waals surface area (Å²) in [5.41, 5.74) is 4.57. The van der Waals surface area contributed by atoms with Crippen LogP contribution in [0.25, 0.3) is 0 Å². The Labute approximate surface area is 156 Å². The molecule has 0 aliphatic rings. The number of hydrogen-bond donors (Lipinski definition) is 2. The maximum Gasteiger partial charge on any atom is 0.191 e. The van der Waals surface area contributed by atoms with E-state index in [-0.39, 0.29) is 0 Å². The van der Waals surface area contributed by atoms with Gasteiger partial charge in [-0.3, -0.25) is 14.4 Å². The van der Waals surface area contributed by atoms with Crippen LogP contribution in [0.4, 0.5) is 0 Å². The third-order valence-electron chi connectivity index (χ3n) is 4.19. The maximum absolute atomic E-state index is 4.66. The van der Waals surface area contributed by atoms with E-state index >= 15 is 0 Å². The smallest absolute Gasteiger partial charge is 0.191 e. The summed E-state index contributed by atoms with van der Waals surface area (Å²) in [6, 6.07) is 4.22. The van der Waals surface area contributed by atoms with Crippen LogP contribution in [0.15, 0.2) is 17.1 Å². The number of nitrogens with zero attached hydrogens (tertiary/aromatic N) is 5. The molecule has 26 heavy (non-hydrogen) atoms. The van der Waals surface area contributed by atoms with Crippen LogP contribution < -0.4 is 10.6 Å².